The molecule has 0 aliphatic heterocycles. The van der Waals surface area contributed by atoms with Crippen LogP contribution in [-0.2, 0) is 17.4 Å². The van der Waals surface area contributed by atoms with E-state index in [-0.39, 0.29) is 24.2 Å². The lowest BCUT2D eigenvalue weighted by Gasteiger charge is -2.14. The summed E-state index contributed by atoms with van der Waals surface area (Å²) >= 11 is 0. The van der Waals surface area contributed by atoms with Gasteiger partial charge in [-0.15, -0.1) is 0 Å². The van der Waals surface area contributed by atoms with Crippen molar-refractivity contribution in [2.45, 2.75) is 38.8 Å². The first-order chi connectivity index (χ1) is 9.34. The fourth-order valence-electron chi connectivity index (χ4n) is 1.70. The van der Waals surface area contributed by atoms with Gasteiger partial charge in [0.15, 0.2) is 0 Å². The van der Waals surface area contributed by atoms with Crippen LogP contribution in [0.2, 0.25) is 0 Å². The zero-order chi connectivity index (χ0) is 15.2. The van der Waals surface area contributed by atoms with Crippen LogP contribution in [0.4, 0.5) is 13.2 Å². The lowest BCUT2D eigenvalue weighted by atomic mass is 10.0. The molecule has 0 atom stereocenters. The molecule has 0 radical (unpaired) electrons. The highest BCUT2D eigenvalue weighted by Crippen LogP contribution is 2.35. The van der Waals surface area contributed by atoms with Crippen LogP contribution < -0.4 is 4.74 Å². The number of hydrogen-bond acceptors (Lipinski definition) is 2. The first-order valence-corrected chi connectivity index (χ1v) is 6.39. The summed E-state index contributed by atoms with van der Waals surface area (Å²) in [5, 5.41) is 8.56. The molecule has 3 nitrogen and oxygen atoms in total. The molecule has 1 aromatic carbocycles. The summed E-state index contributed by atoms with van der Waals surface area (Å²) in [4.78, 5) is 10.5. The van der Waals surface area contributed by atoms with Gasteiger partial charge in [0.05, 0.1) is 12.2 Å². The van der Waals surface area contributed by atoms with Gasteiger partial charge in [-0.3, -0.25) is 4.79 Å². The molecule has 0 unspecified atom stereocenters. The van der Waals surface area contributed by atoms with Gasteiger partial charge in [0.1, 0.15) is 5.75 Å². The van der Waals surface area contributed by atoms with Gasteiger partial charge < -0.3 is 9.84 Å². The number of carboxylic acid groups (broad SMARTS) is 1. The van der Waals surface area contributed by atoms with Crippen LogP contribution in [0.3, 0.4) is 0 Å². The third kappa shape index (κ3) is 5.11. The van der Waals surface area contributed by atoms with Gasteiger partial charge in [-0.05, 0) is 30.5 Å². The van der Waals surface area contributed by atoms with Crippen molar-refractivity contribution < 1.29 is 27.8 Å². The summed E-state index contributed by atoms with van der Waals surface area (Å²) < 4.78 is 44.1. The number of unbranched alkanes of at least 4 members (excludes halogenated alkanes) is 1. The van der Waals surface area contributed by atoms with E-state index in [4.69, 9.17) is 9.84 Å². The molecule has 1 rings (SSSR count). The van der Waals surface area contributed by atoms with Crippen LogP contribution in [0.1, 0.15) is 37.3 Å². The Morgan fingerprint density at radius 2 is 2.05 bits per heavy atom. The molecular weight excluding hydrogens is 273 g/mol. The topological polar surface area (TPSA) is 46.5 Å². The second-order valence-corrected chi connectivity index (χ2v) is 4.41. The fourth-order valence-corrected chi connectivity index (χ4v) is 1.70. The maximum absolute atomic E-state index is 12.9. The van der Waals surface area contributed by atoms with Crippen molar-refractivity contribution in [2.24, 2.45) is 0 Å². The van der Waals surface area contributed by atoms with E-state index in [1.54, 1.807) is 0 Å². The fraction of sp³-hybridized carbons (Fsp3) is 0.500. The Labute approximate surface area is 115 Å². The number of aliphatic carboxylic acids is 1. The monoisotopic (exact) mass is 290 g/mol. The lowest BCUT2D eigenvalue weighted by Crippen LogP contribution is -2.11. The number of halogens is 3. The third-order valence-electron chi connectivity index (χ3n) is 2.76. The molecule has 1 aromatic rings. The Morgan fingerprint density at radius 1 is 1.35 bits per heavy atom. The molecule has 1 N–H and O–H groups in total. The molecule has 0 heterocycles. The van der Waals surface area contributed by atoms with Crippen LogP contribution in [-0.4, -0.2) is 17.7 Å². The molecule has 6 heteroatoms. The average Bonchev–Trinajstić information content (AvgIpc) is 2.36. The first kappa shape index (κ1) is 16.3. The van der Waals surface area contributed by atoms with Crippen LogP contribution in [0.5, 0.6) is 5.75 Å². The molecule has 0 saturated heterocycles. The second kappa shape index (κ2) is 7.17. The molecular formula is C14H17F3O3. The zero-order valence-corrected chi connectivity index (χ0v) is 11.2. The van der Waals surface area contributed by atoms with Gasteiger partial charge in [-0.1, -0.05) is 19.4 Å². The summed E-state index contributed by atoms with van der Waals surface area (Å²) in [5.41, 5.74) is -0.851. The molecule has 0 spiro atoms. The number of ether oxygens (including phenoxy) is 1. The van der Waals surface area contributed by atoms with E-state index in [9.17, 15) is 18.0 Å². The number of alkyl halides is 3. The highest BCUT2D eigenvalue weighted by molar-refractivity contribution is 5.67. The summed E-state index contributed by atoms with van der Waals surface area (Å²) in [7, 11) is 0. The van der Waals surface area contributed by atoms with Gasteiger partial charge in [-0.2, -0.15) is 13.2 Å². The Balaban J connectivity index is 2.92. The Bertz CT molecular complexity index is 455. The first-order valence-electron chi connectivity index (χ1n) is 6.39. The predicted octanol–water partition coefficient (Wildman–Crippen LogP) is 3.90. The van der Waals surface area contributed by atoms with E-state index in [0.717, 1.165) is 18.9 Å². The summed E-state index contributed by atoms with van der Waals surface area (Å²) in [6.07, 6.45) is -3.35. The number of rotatable bonds is 7. The van der Waals surface area contributed by atoms with Crippen LogP contribution in [0.15, 0.2) is 18.2 Å². The lowest BCUT2D eigenvalue weighted by molar-refractivity contribution is -0.140. The standard InChI is InChI=1S/C14H17F3O3/c1-2-3-8-20-11-6-4-10(5-7-13(18)19)12(9-11)14(15,16)17/h4,6,9H,2-3,5,7-8H2,1H3,(H,18,19). The van der Waals surface area contributed by atoms with E-state index in [1.807, 2.05) is 6.92 Å². The average molecular weight is 290 g/mol. The van der Waals surface area contributed by atoms with Crippen molar-refractivity contribution in [1.29, 1.82) is 0 Å². The largest absolute Gasteiger partial charge is 0.494 e. The van der Waals surface area contributed by atoms with Gasteiger partial charge in [-0.25, -0.2) is 0 Å². The molecule has 112 valence electrons. The van der Waals surface area contributed by atoms with Crippen molar-refractivity contribution in [3.63, 3.8) is 0 Å². The van der Waals surface area contributed by atoms with Gasteiger partial charge in [0.25, 0.3) is 0 Å². The molecule has 0 fully saturated rings. The van der Waals surface area contributed by atoms with Gasteiger partial charge in [0.2, 0.25) is 0 Å². The number of hydrogen-bond donors (Lipinski definition) is 1. The molecule has 0 saturated carbocycles. The van der Waals surface area contributed by atoms with Crippen molar-refractivity contribution >= 4 is 5.97 Å². The Kier molecular flexibility index (Phi) is 5.85. The van der Waals surface area contributed by atoms with Gasteiger partial charge >= 0.3 is 12.1 Å². The minimum absolute atomic E-state index is 0.0252. The quantitative estimate of drug-likeness (QED) is 0.775. The van der Waals surface area contributed by atoms with E-state index in [2.05, 4.69) is 0 Å². The molecule has 0 bridgehead atoms. The number of carboxylic acids is 1. The van der Waals surface area contributed by atoms with E-state index in [0.29, 0.717) is 6.61 Å². The Hall–Kier alpha value is -1.72. The van der Waals surface area contributed by atoms with E-state index in [1.165, 1.54) is 12.1 Å². The number of benzene rings is 1. The van der Waals surface area contributed by atoms with Gasteiger partial charge in [0, 0.05) is 6.42 Å². The summed E-state index contributed by atoms with van der Waals surface area (Å²) in [5.74, 6) is -0.966. The highest BCUT2D eigenvalue weighted by Gasteiger charge is 2.33. The Morgan fingerprint density at radius 3 is 2.60 bits per heavy atom. The normalized spacial score (nSPS) is 11.4. The molecule has 0 aliphatic carbocycles. The molecule has 0 amide bonds. The third-order valence-corrected chi connectivity index (χ3v) is 2.76. The predicted molar refractivity (Wildman–Crippen MR) is 67.8 cm³/mol. The smallest absolute Gasteiger partial charge is 0.416 e. The summed E-state index contributed by atoms with van der Waals surface area (Å²) in [6, 6.07) is 3.67. The van der Waals surface area contributed by atoms with Crippen molar-refractivity contribution in [1.82, 2.24) is 0 Å². The van der Waals surface area contributed by atoms with Crippen molar-refractivity contribution in [3.05, 3.63) is 29.3 Å². The van der Waals surface area contributed by atoms with Crippen LogP contribution in [0.25, 0.3) is 0 Å². The molecule has 0 aliphatic rings. The van der Waals surface area contributed by atoms with Crippen molar-refractivity contribution in [2.75, 3.05) is 6.61 Å². The van der Waals surface area contributed by atoms with Crippen molar-refractivity contribution in [3.8, 4) is 5.75 Å². The number of carbonyl (C=O) groups is 1. The van der Waals surface area contributed by atoms with E-state index >= 15 is 0 Å². The van der Waals surface area contributed by atoms with Crippen LogP contribution in [0, 0.1) is 0 Å². The SMILES string of the molecule is CCCCOc1ccc(CCC(=O)O)c(C(F)(F)F)c1. The second-order valence-electron chi connectivity index (χ2n) is 4.41. The van der Waals surface area contributed by atoms with Crippen LogP contribution >= 0.6 is 0 Å². The zero-order valence-electron chi connectivity index (χ0n) is 11.2. The highest BCUT2D eigenvalue weighted by atomic mass is 19.4. The minimum atomic E-state index is -4.52. The van der Waals surface area contributed by atoms with E-state index < -0.39 is 17.7 Å². The molecule has 20 heavy (non-hydrogen) atoms. The maximum atomic E-state index is 12.9. The maximum Gasteiger partial charge on any atom is 0.416 e. The molecule has 0 aromatic heterocycles. The summed E-state index contributed by atoms with van der Waals surface area (Å²) in [6.45, 7) is 2.32. The number of aryl methyl sites for hydroxylation is 1. The minimum Gasteiger partial charge on any atom is -0.494 e.